The molecule has 0 saturated carbocycles. The third kappa shape index (κ3) is 7.30. The van der Waals surface area contributed by atoms with E-state index < -0.39 is 5.97 Å². The van der Waals surface area contributed by atoms with Crippen LogP contribution in [-0.4, -0.2) is 40.7 Å². The largest absolute Gasteiger partial charge is 0.478 e. The molecule has 0 atom stereocenters. The van der Waals surface area contributed by atoms with Crippen LogP contribution in [0.3, 0.4) is 0 Å². The van der Waals surface area contributed by atoms with E-state index >= 15 is 0 Å². The molecule has 0 amide bonds. The molecule has 0 aromatic heterocycles. The van der Waals surface area contributed by atoms with Gasteiger partial charge in [0.25, 0.3) is 0 Å². The van der Waals surface area contributed by atoms with Crippen molar-refractivity contribution in [2.24, 2.45) is 0 Å². The number of aliphatic carboxylic acids is 1. The lowest BCUT2D eigenvalue weighted by atomic mass is 10.2. The number of rotatable bonds is 8. The average molecular weight is 232 g/mol. The number of hydrogen-bond acceptors (Lipinski definition) is 3. The van der Waals surface area contributed by atoms with E-state index in [9.17, 15) is 4.79 Å². The summed E-state index contributed by atoms with van der Waals surface area (Å²) in [6.07, 6.45) is 3.61. The minimum atomic E-state index is -0.834. The molecule has 0 aliphatic carbocycles. The molecule has 4 nitrogen and oxygen atoms in total. The fraction of sp³-hybridized carbons (Fsp3) is 0.700. The quantitative estimate of drug-likeness (QED) is 0.293. The third-order valence-electron chi connectivity index (χ3n) is 2.21. The predicted octanol–water partition coefficient (Wildman–Crippen LogP) is 0.961. The van der Waals surface area contributed by atoms with Crippen molar-refractivity contribution in [1.29, 1.82) is 0 Å². The van der Waals surface area contributed by atoms with Crippen molar-refractivity contribution in [3.8, 4) is 0 Å². The molecular formula is C10H20O4Si. The van der Waals surface area contributed by atoms with E-state index in [1.54, 1.807) is 27.2 Å². The molecule has 0 bridgehead atoms. The lowest BCUT2D eigenvalue weighted by molar-refractivity contribution is -0.132. The third-order valence-corrected chi connectivity index (χ3v) is 4.25. The predicted molar refractivity (Wildman–Crippen MR) is 61.8 cm³/mol. The monoisotopic (exact) mass is 232 g/mol. The zero-order chi connectivity index (χ0) is 11.7. The molecule has 0 aromatic carbocycles. The van der Waals surface area contributed by atoms with Crippen LogP contribution in [0.25, 0.3) is 0 Å². The smallest absolute Gasteiger partial charge is 0.330 e. The number of allylic oxidation sites excluding steroid dienone is 1. The number of carboxylic acid groups (broad SMARTS) is 1. The first-order valence-corrected chi connectivity index (χ1v) is 6.89. The molecule has 0 aliphatic heterocycles. The van der Waals surface area contributed by atoms with Gasteiger partial charge in [0.15, 0.2) is 0 Å². The number of carbonyl (C=O) groups is 1. The van der Waals surface area contributed by atoms with Gasteiger partial charge in [0.05, 0.1) is 9.52 Å². The molecule has 0 aromatic rings. The van der Waals surface area contributed by atoms with E-state index in [1.807, 2.05) is 0 Å². The first-order valence-electron chi connectivity index (χ1n) is 5.07. The van der Waals surface area contributed by atoms with Crippen molar-refractivity contribution in [1.82, 2.24) is 0 Å². The summed E-state index contributed by atoms with van der Waals surface area (Å²) in [6.45, 7) is 1.62. The number of unbranched alkanes of at least 4 members (excludes halogenated alkanes) is 1. The van der Waals surface area contributed by atoms with E-state index in [4.69, 9.17) is 14.6 Å². The van der Waals surface area contributed by atoms with Crippen molar-refractivity contribution in [2.75, 3.05) is 14.2 Å². The molecule has 0 unspecified atom stereocenters. The van der Waals surface area contributed by atoms with Crippen molar-refractivity contribution in [2.45, 2.75) is 31.7 Å². The van der Waals surface area contributed by atoms with Gasteiger partial charge < -0.3 is 14.6 Å². The van der Waals surface area contributed by atoms with E-state index in [2.05, 4.69) is 0 Å². The van der Waals surface area contributed by atoms with Gasteiger partial charge in [-0.1, -0.05) is 18.5 Å². The molecule has 0 radical (unpaired) electrons. The normalized spacial score (nSPS) is 12.9. The van der Waals surface area contributed by atoms with Crippen LogP contribution in [0.4, 0.5) is 0 Å². The number of hydrogen-bond donors (Lipinski definition) is 1. The van der Waals surface area contributed by atoms with Gasteiger partial charge in [-0.2, -0.15) is 0 Å². The van der Waals surface area contributed by atoms with Crippen LogP contribution < -0.4 is 0 Å². The Labute approximate surface area is 93.1 Å². The topological polar surface area (TPSA) is 55.8 Å². The molecular weight excluding hydrogens is 212 g/mol. The lowest BCUT2D eigenvalue weighted by Crippen LogP contribution is -2.20. The second-order valence-corrected chi connectivity index (χ2v) is 5.33. The average Bonchev–Trinajstić information content (AvgIpc) is 2.23. The second-order valence-electron chi connectivity index (χ2n) is 3.38. The Morgan fingerprint density at radius 3 is 2.53 bits per heavy atom. The van der Waals surface area contributed by atoms with Crippen LogP contribution in [0.1, 0.15) is 19.8 Å². The van der Waals surface area contributed by atoms with Gasteiger partial charge in [0, 0.05) is 19.8 Å². The van der Waals surface area contributed by atoms with Crippen LogP contribution in [0.15, 0.2) is 11.6 Å². The summed E-state index contributed by atoms with van der Waals surface area (Å²) < 4.78 is 10.2. The van der Waals surface area contributed by atoms with E-state index in [1.165, 1.54) is 0 Å². The first-order chi connectivity index (χ1) is 7.11. The Bertz CT molecular complexity index is 211. The van der Waals surface area contributed by atoms with Gasteiger partial charge in [0.2, 0.25) is 0 Å². The standard InChI is InChI=1S/C10H20O4Si/c1-8(9(11)12)6-4-5-7-15-10(13-2)14-3/h6,10H,4-5,7,15H2,1-3H3,(H,11,12). The van der Waals surface area contributed by atoms with Gasteiger partial charge in [-0.3, -0.25) is 0 Å². The maximum atomic E-state index is 10.5. The van der Waals surface area contributed by atoms with Crippen molar-refractivity contribution in [3.63, 3.8) is 0 Å². The summed E-state index contributed by atoms with van der Waals surface area (Å²) in [5.41, 5.74) is 0.423. The van der Waals surface area contributed by atoms with Gasteiger partial charge in [-0.05, 0) is 13.3 Å². The van der Waals surface area contributed by atoms with Crippen LogP contribution >= 0.6 is 0 Å². The van der Waals surface area contributed by atoms with Gasteiger partial charge in [-0.15, -0.1) is 0 Å². The van der Waals surface area contributed by atoms with Crippen LogP contribution in [0.2, 0.25) is 6.04 Å². The van der Waals surface area contributed by atoms with Crippen molar-refractivity contribution < 1.29 is 19.4 Å². The van der Waals surface area contributed by atoms with E-state index in [0.717, 1.165) is 18.9 Å². The molecule has 0 rings (SSSR count). The van der Waals surface area contributed by atoms with Crippen LogP contribution in [0, 0.1) is 0 Å². The highest BCUT2D eigenvalue weighted by Gasteiger charge is 2.04. The second kappa shape index (κ2) is 8.64. The molecule has 1 N–H and O–H groups in total. The summed E-state index contributed by atoms with van der Waals surface area (Å²) >= 11 is 0. The Balaban J connectivity index is 3.55. The zero-order valence-corrected chi connectivity index (χ0v) is 11.1. The number of methoxy groups -OCH3 is 2. The van der Waals surface area contributed by atoms with Crippen LogP contribution in [-0.2, 0) is 14.3 Å². The molecule has 15 heavy (non-hydrogen) atoms. The summed E-state index contributed by atoms with van der Waals surface area (Å²) in [4.78, 5) is 10.5. The maximum absolute atomic E-state index is 10.5. The van der Waals surface area contributed by atoms with Gasteiger partial charge >= 0.3 is 5.97 Å². The molecule has 0 heterocycles. The van der Waals surface area contributed by atoms with E-state index in [0.29, 0.717) is 5.57 Å². The van der Waals surface area contributed by atoms with Crippen molar-refractivity contribution >= 4 is 15.5 Å². The van der Waals surface area contributed by atoms with Gasteiger partial charge in [-0.25, -0.2) is 4.79 Å². The highest BCUT2D eigenvalue weighted by Crippen LogP contribution is 2.03. The molecule has 0 spiro atoms. The molecule has 0 fully saturated rings. The molecule has 88 valence electrons. The fourth-order valence-corrected chi connectivity index (χ4v) is 2.58. The number of ether oxygens (including phenoxy) is 2. The summed E-state index contributed by atoms with van der Waals surface area (Å²) in [6, 6.07) is 1.11. The fourth-order valence-electron chi connectivity index (χ4n) is 1.19. The zero-order valence-electron chi connectivity index (χ0n) is 9.66. The highest BCUT2D eigenvalue weighted by molar-refractivity contribution is 6.36. The molecule has 5 heteroatoms. The Morgan fingerprint density at radius 2 is 2.07 bits per heavy atom. The van der Waals surface area contributed by atoms with Gasteiger partial charge in [0.1, 0.15) is 5.91 Å². The van der Waals surface area contributed by atoms with Crippen molar-refractivity contribution in [3.05, 3.63) is 11.6 Å². The lowest BCUT2D eigenvalue weighted by Gasteiger charge is -2.11. The summed E-state index contributed by atoms with van der Waals surface area (Å²) in [5.74, 6) is -0.839. The highest BCUT2D eigenvalue weighted by atomic mass is 28.2. The first kappa shape index (κ1) is 14.3. The maximum Gasteiger partial charge on any atom is 0.330 e. The van der Waals surface area contributed by atoms with Crippen LogP contribution in [0.5, 0.6) is 0 Å². The molecule has 0 aliphatic rings. The summed E-state index contributed by atoms with van der Waals surface area (Å²) in [5, 5.41) is 8.60. The number of carboxylic acids is 1. The Kier molecular flexibility index (Phi) is 8.26. The SMILES string of the molecule is COC(OC)[SiH2]CCCC=C(C)C(=O)O. The summed E-state index contributed by atoms with van der Waals surface area (Å²) in [7, 11) is 2.94. The minimum Gasteiger partial charge on any atom is -0.478 e. The minimum absolute atomic E-state index is 0.00505. The Hall–Kier alpha value is -0.653. The molecule has 0 saturated heterocycles. The Morgan fingerprint density at radius 1 is 1.47 bits per heavy atom. The van der Waals surface area contributed by atoms with E-state index in [-0.39, 0.29) is 15.4 Å².